The van der Waals surface area contributed by atoms with E-state index in [0.717, 1.165) is 4.90 Å². The molecule has 0 saturated carbocycles. The molecule has 0 saturated heterocycles. The Morgan fingerprint density at radius 3 is 2.43 bits per heavy atom. The number of halogens is 4. The van der Waals surface area contributed by atoms with Crippen LogP contribution in [0.3, 0.4) is 0 Å². The van der Waals surface area contributed by atoms with Crippen LogP contribution in [0.4, 0.5) is 19.0 Å². The topological polar surface area (TPSA) is 29.0 Å². The molecule has 0 fully saturated rings. The molecule has 0 radical (unpaired) electrons. The lowest BCUT2D eigenvalue weighted by Crippen LogP contribution is -2.31. The maximum absolute atomic E-state index is 12.0. The number of hydrogen-bond donors (Lipinski definition) is 0. The molecule has 0 aromatic carbocycles. The van der Waals surface area contributed by atoms with Gasteiger partial charge in [-0.25, -0.2) is 9.97 Å². The molecule has 1 aromatic rings. The van der Waals surface area contributed by atoms with Gasteiger partial charge < -0.3 is 4.90 Å². The summed E-state index contributed by atoms with van der Waals surface area (Å²) in [5.41, 5.74) is 0. The molecule has 0 aliphatic rings. The molecular formula is C7H7ClF3N3. The van der Waals surface area contributed by atoms with Crippen LogP contribution in [0.15, 0.2) is 12.4 Å². The van der Waals surface area contributed by atoms with Crippen molar-refractivity contribution in [1.82, 2.24) is 9.97 Å². The molecule has 0 bridgehead atoms. The van der Waals surface area contributed by atoms with Gasteiger partial charge in [0.25, 0.3) is 0 Å². The summed E-state index contributed by atoms with van der Waals surface area (Å²) >= 11 is 5.44. The van der Waals surface area contributed by atoms with Crippen LogP contribution in [0.2, 0.25) is 5.15 Å². The molecule has 0 amide bonds. The van der Waals surface area contributed by atoms with Crippen molar-refractivity contribution in [2.45, 2.75) is 6.18 Å². The Morgan fingerprint density at radius 1 is 1.36 bits per heavy atom. The molecule has 14 heavy (non-hydrogen) atoms. The Morgan fingerprint density at radius 2 is 2.00 bits per heavy atom. The van der Waals surface area contributed by atoms with Crippen molar-refractivity contribution in [3.05, 3.63) is 17.5 Å². The van der Waals surface area contributed by atoms with Crippen molar-refractivity contribution in [3.63, 3.8) is 0 Å². The molecule has 1 heterocycles. The van der Waals surface area contributed by atoms with Crippen LogP contribution in [0.25, 0.3) is 0 Å². The lowest BCUT2D eigenvalue weighted by molar-refractivity contribution is -0.119. The van der Waals surface area contributed by atoms with Crippen LogP contribution >= 0.6 is 11.6 Å². The third-order valence-electron chi connectivity index (χ3n) is 1.41. The minimum atomic E-state index is -4.25. The lowest BCUT2D eigenvalue weighted by atomic mass is 10.5. The maximum atomic E-state index is 12.0. The fourth-order valence-electron chi connectivity index (χ4n) is 0.853. The zero-order valence-electron chi connectivity index (χ0n) is 7.22. The van der Waals surface area contributed by atoms with Gasteiger partial charge in [-0.3, -0.25) is 0 Å². The SMILES string of the molecule is CN(CC(F)(F)F)c1cnc(Cl)cn1. The van der Waals surface area contributed by atoms with E-state index in [1.54, 1.807) is 0 Å². The predicted molar refractivity (Wildman–Crippen MR) is 46.4 cm³/mol. The van der Waals surface area contributed by atoms with E-state index in [2.05, 4.69) is 9.97 Å². The normalized spacial score (nSPS) is 11.5. The Balaban J connectivity index is 2.70. The summed E-state index contributed by atoms with van der Waals surface area (Å²) < 4.78 is 35.9. The Labute approximate surface area is 83.5 Å². The summed E-state index contributed by atoms with van der Waals surface area (Å²) in [6.45, 7) is -1.07. The summed E-state index contributed by atoms with van der Waals surface area (Å²) in [6, 6.07) is 0. The molecule has 3 nitrogen and oxygen atoms in total. The molecule has 1 aromatic heterocycles. The van der Waals surface area contributed by atoms with Crippen molar-refractivity contribution >= 4 is 17.4 Å². The van der Waals surface area contributed by atoms with Crippen molar-refractivity contribution in [2.75, 3.05) is 18.5 Å². The third-order valence-corrected chi connectivity index (χ3v) is 1.61. The van der Waals surface area contributed by atoms with Gasteiger partial charge in [-0.2, -0.15) is 13.2 Å². The fraction of sp³-hybridized carbons (Fsp3) is 0.429. The van der Waals surface area contributed by atoms with Gasteiger partial charge in [-0.15, -0.1) is 0 Å². The number of hydrogen-bond acceptors (Lipinski definition) is 3. The van der Waals surface area contributed by atoms with Crippen LogP contribution in [0.5, 0.6) is 0 Å². The smallest absolute Gasteiger partial charge is 0.349 e. The maximum Gasteiger partial charge on any atom is 0.405 e. The molecule has 0 aliphatic heterocycles. The Kier molecular flexibility index (Phi) is 3.15. The van der Waals surface area contributed by atoms with E-state index in [1.807, 2.05) is 0 Å². The first-order valence-corrected chi connectivity index (χ1v) is 4.02. The van der Waals surface area contributed by atoms with Gasteiger partial charge in [-0.05, 0) is 0 Å². The number of aromatic nitrogens is 2. The summed E-state index contributed by atoms with van der Waals surface area (Å²) in [7, 11) is 1.28. The van der Waals surface area contributed by atoms with Crippen molar-refractivity contribution in [1.29, 1.82) is 0 Å². The monoisotopic (exact) mass is 225 g/mol. The van der Waals surface area contributed by atoms with Crippen LogP contribution in [0, 0.1) is 0 Å². The highest BCUT2D eigenvalue weighted by Crippen LogP contribution is 2.18. The van der Waals surface area contributed by atoms with Gasteiger partial charge >= 0.3 is 6.18 Å². The second kappa shape index (κ2) is 4.00. The van der Waals surface area contributed by atoms with E-state index in [0.29, 0.717) is 0 Å². The minimum Gasteiger partial charge on any atom is -0.349 e. The predicted octanol–water partition coefficient (Wildman–Crippen LogP) is 2.13. The third kappa shape index (κ3) is 3.37. The Bertz CT molecular complexity index is 298. The van der Waals surface area contributed by atoms with Gasteiger partial charge in [0.1, 0.15) is 17.5 Å². The summed E-state index contributed by atoms with van der Waals surface area (Å²) in [5.74, 6) is 0.131. The van der Waals surface area contributed by atoms with Gasteiger partial charge in [-0.1, -0.05) is 11.6 Å². The summed E-state index contributed by atoms with van der Waals surface area (Å²) in [4.78, 5) is 8.27. The van der Waals surface area contributed by atoms with Gasteiger partial charge in [0.05, 0.1) is 12.4 Å². The largest absolute Gasteiger partial charge is 0.405 e. The highest BCUT2D eigenvalue weighted by Gasteiger charge is 2.29. The van der Waals surface area contributed by atoms with Crippen molar-refractivity contribution in [2.24, 2.45) is 0 Å². The molecule has 0 atom stereocenters. The van der Waals surface area contributed by atoms with Gasteiger partial charge in [0.2, 0.25) is 0 Å². The number of alkyl halides is 3. The first-order valence-electron chi connectivity index (χ1n) is 3.64. The minimum absolute atomic E-state index is 0.131. The second-order valence-electron chi connectivity index (χ2n) is 2.67. The van der Waals surface area contributed by atoms with Crippen LogP contribution in [-0.2, 0) is 0 Å². The van der Waals surface area contributed by atoms with Crippen LogP contribution in [-0.4, -0.2) is 29.7 Å². The zero-order valence-corrected chi connectivity index (χ0v) is 7.97. The molecule has 0 unspecified atom stereocenters. The van der Waals surface area contributed by atoms with E-state index in [1.165, 1.54) is 19.4 Å². The molecule has 1 rings (SSSR count). The van der Waals surface area contributed by atoms with Crippen molar-refractivity contribution in [3.8, 4) is 0 Å². The quantitative estimate of drug-likeness (QED) is 0.772. The van der Waals surface area contributed by atoms with E-state index in [9.17, 15) is 13.2 Å². The van der Waals surface area contributed by atoms with E-state index >= 15 is 0 Å². The number of anilines is 1. The highest BCUT2D eigenvalue weighted by molar-refractivity contribution is 6.29. The van der Waals surface area contributed by atoms with E-state index < -0.39 is 12.7 Å². The molecule has 7 heteroatoms. The summed E-state index contributed by atoms with van der Waals surface area (Å²) in [6.07, 6.45) is -1.87. The Hall–Kier alpha value is -1.04. The summed E-state index contributed by atoms with van der Waals surface area (Å²) in [5, 5.41) is 0.147. The number of rotatable bonds is 2. The highest BCUT2D eigenvalue weighted by atomic mass is 35.5. The van der Waals surface area contributed by atoms with Crippen LogP contribution < -0.4 is 4.90 Å². The van der Waals surface area contributed by atoms with Gasteiger partial charge in [0, 0.05) is 7.05 Å². The molecule has 0 N–H and O–H groups in total. The standard InChI is InChI=1S/C7H7ClF3N3/c1-14(4-7(9,10)11)6-3-12-5(8)2-13-6/h2-3H,4H2,1H3. The number of nitrogens with zero attached hydrogens (tertiary/aromatic N) is 3. The molecule has 78 valence electrons. The second-order valence-corrected chi connectivity index (χ2v) is 3.06. The van der Waals surface area contributed by atoms with E-state index in [-0.39, 0.29) is 11.0 Å². The van der Waals surface area contributed by atoms with Gasteiger partial charge in [0.15, 0.2) is 0 Å². The average molecular weight is 226 g/mol. The lowest BCUT2D eigenvalue weighted by Gasteiger charge is -2.18. The molecule has 0 spiro atoms. The van der Waals surface area contributed by atoms with Crippen molar-refractivity contribution < 1.29 is 13.2 Å². The average Bonchev–Trinajstić information content (AvgIpc) is 2.02. The molecular weight excluding hydrogens is 219 g/mol. The van der Waals surface area contributed by atoms with E-state index in [4.69, 9.17) is 11.6 Å². The van der Waals surface area contributed by atoms with Crippen LogP contribution in [0.1, 0.15) is 0 Å². The molecule has 0 aliphatic carbocycles. The first kappa shape index (κ1) is 11.0. The zero-order chi connectivity index (χ0) is 10.8. The first-order chi connectivity index (χ1) is 6.38. The fourth-order valence-corrected chi connectivity index (χ4v) is 0.950.